The Morgan fingerprint density at radius 1 is 1.50 bits per heavy atom. The van der Waals surface area contributed by atoms with Crippen LogP contribution in [-0.4, -0.2) is 39.5 Å². The van der Waals surface area contributed by atoms with E-state index in [9.17, 15) is 4.79 Å². The second-order valence-corrected chi connectivity index (χ2v) is 8.10. The molecule has 24 heavy (non-hydrogen) atoms. The summed E-state index contributed by atoms with van der Waals surface area (Å²) >= 11 is 1.66. The Bertz CT molecular complexity index is 702. The molecule has 1 aliphatic carbocycles. The fraction of sp³-hybridized carbons (Fsp3) is 0.556. The Morgan fingerprint density at radius 2 is 2.33 bits per heavy atom. The zero-order valence-corrected chi connectivity index (χ0v) is 14.9. The standard InChI is InChI=1S/C18H24N4OS/c1-21-9-8-20-16(21)13-22(17(23)11-14-3-2-10-24-14)15-12-18(15)4-6-19-7-5-18/h2-3,8-10,15,19H,4-7,11-13H2,1H3. The maximum absolute atomic E-state index is 13.0. The molecular formula is C18H24N4OS. The summed E-state index contributed by atoms with van der Waals surface area (Å²) in [4.78, 5) is 20.7. The summed E-state index contributed by atoms with van der Waals surface area (Å²) in [6.45, 7) is 2.77. The van der Waals surface area contributed by atoms with Crippen molar-refractivity contribution in [1.29, 1.82) is 0 Å². The van der Waals surface area contributed by atoms with Gasteiger partial charge in [-0.15, -0.1) is 11.3 Å². The van der Waals surface area contributed by atoms with E-state index in [-0.39, 0.29) is 5.91 Å². The van der Waals surface area contributed by atoms with Crippen molar-refractivity contribution in [1.82, 2.24) is 19.8 Å². The topological polar surface area (TPSA) is 50.2 Å². The highest BCUT2D eigenvalue weighted by Gasteiger charge is 2.57. The first-order chi connectivity index (χ1) is 11.7. The van der Waals surface area contributed by atoms with E-state index < -0.39 is 0 Å². The molecule has 2 aromatic heterocycles. The number of piperidine rings is 1. The van der Waals surface area contributed by atoms with Gasteiger partial charge in [0.15, 0.2) is 0 Å². The first-order valence-electron chi connectivity index (χ1n) is 8.67. The second-order valence-electron chi connectivity index (χ2n) is 7.06. The number of aryl methyl sites for hydroxylation is 1. The maximum Gasteiger partial charge on any atom is 0.228 e. The number of nitrogens with zero attached hydrogens (tertiary/aromatic N) is 3. The zero-order valence-electron chi connectivity index (χ0n) is 14.1. The summed E-state index contributed by atoms with van der Waals surface area (Å²) < 4.78 is 2.02. The molecule has 1 N–H and O–H groups in total. The second kappa shape index (κ2) is 6.33. The van der Waals surface area contributed by atoms with Gasteiger partial charge in [-0.1, -0.05) is 6.07 Å². The molecular weight excluding hydrogens is 320 g/mol. The van der Waals surface area contributed by atoms with E-state index >= 15 is 0 Å². The van der Waals surface area contributed by atoms with E-state index in [1.165, 1.54) is 12.8 Å². The van der Waals surface area contributed by atoms with Crippen molar-refractivity contribution in [3.63, 3.8) is 0 Å². The Balaban J connectivity index is 1.53. The van der Waals surface area contributed by atoms with Crippen molar-refractivity contribution in [3.8, 4) is 0 Å². The fourth-order valence-electron chi connectivity index (χ4n) is 3.97. The molecule has 5 nitrogen and oxygen atoms in total. The van der Waals surface area contributed by atoms with Crippen LogP contribution in [0, 0.1) is 5.41 Å². The Morgan fingerprint density at radius 3 is 3.00 bits per heavy atom. The molecule has 2 aromatic rings. The summed E-state index contributed by atoms with van der Waals surface area (Å²) in [5, 5.41) is 5.48. The number of carbonyl (C=O) groups excluding carboxylic acids is 1. The van der Waals surface area contributed by atoms with Gasteiger partial charge >= 0.3 is 0 Å². The number of hydrogen-bond donors (Lipinski definition) is 1. The number of carbonyl (C=O) groups is 1. The molecule has 4 rings (SSSR count). The molecule has 1 aliphatic heterocycles. The number of amides is 1. The minimum atomic E-state index is 0.237. The average molecular weight is 344 g/mol. The summed E-state index contributed by atoms with van der Waals surface area (Å²) in [6.07, 6.45) is 7.78. The largest absolute Gasteiger partial charge is 0.337 e. The Labute approximate surface area is 146 Å². The van der Waals surface area contributed by atoms with Crippen LogP contribution in [0.1, 0.15) is 30.0 Å². The van der Waals surface area contributed by atoms with E-state index in [1.54, 1.807) is 11.3 Å². The van der Waals surface area contributed by atoms with Crippen LogP contribution < -0.4 is 5.32 Å². The van der Waals surface area contributed by atoms with Crippen LogP contribution in [0.4, 0.5) is 0 Å². The lowest BCUT2D eigenvalue weighted by atomic mass is 9.93. The van der Waals surface area contributed by atoms with Crippen molar-refractivity contribution >= 4 is 17.2 Å². The quantitative estimate of drug-likeness (QED) is 0.905. The normalized spacial score (nSPS) is 21.8. The lowest BCUT2D eigenvalue weighted by molar-refractivity contribution is -0.132. The molecule has 2 aliphatic rings. The molecule has 6 heteroatoms. The summed E-state index contributed by atoms with van der Waals surface area (Å²) in [6, 6.07) is 4.44. The molecule has 1 saturated carbocycles. The molecule has 1 atom stereocenters. The number of rotatable bonds is 5. The molecule has 1 saturated heterocycles. The highest BCUT2D eigenvalue weighted by atomic mass is 32.1. The molecule has 1 amide bonds. The summed E-state index contributed by atoms with van der Waals surface area (Å²) in [7, 11) is 2.00. The first kappa shape index (κ1) is 15.8. The van der Waals surface area contributed by atoms with E-state index in [0.29, 0.717) is 24.4 Å². The van der Waals surface area contributed by atoms with Gasteiger partial charge in [0, 0.05) is 30.4 Å². The van der Waals surface area contributed by atoms with Crippen molar-refractivity contribution in [3.05, 3.63) is 40.6 Å². The van der Waals surface area contributed by atoms with Gasteiger partial charge in [-0.2, -0.15) is 0 Å². The van der Waals surface area contributed by atoms with Crippen molar-refractivity contribution < 1.29 is 4.79 Å². The first-order valence-corrected chi connectivity index (χ1v) is 9.55. The van der Waals surface area contributed by atoms with Crippen molar-refractivity contribution in [2.75, 3.05) is 13.1 Å². The van der Waals surface area contributed by atoms with Gasteiger partial charge < -0.3 is 14.8 Å². The minimum absolute atomic E-state index is 0.237. The summed E-state index contributed by atoms with van der Waals surface area (Å²) in [5.74, 6) is 1.20. The molecule has 0 radical (unpaired) electrons. The van der Waals surface area contributed by atoms with Crippen LogP contribution in [0.5, 0.6) is 0 Å². The third kappa shape index (κ3) is 3.00. The smallest absolute Gasteiger partial charge is 0.228 e. The van der Waals surface area contributed by atoms with Crippen molar-refractivity contribution in [2.45, 2.75) is 38.3 Å². The fourth-order valence-corrected chi connectivity index (χ4v) is 4.66. The number of nitrogens with one attached hydrogen (secondary N) is 1. The molecule has 3 heterocycles. The highest BCUT2D eigenvalue weighted by Crippen LogP contribution is 2.56. The average Bonchev–Trinajstić information content (AvgIpc) is 2.95. The number of hydrogen-bond acceptors (Lipinski definition) is 4. The lowest BCUT2D eigenvalue weighted by Crippen LogP contribution is -2.40. The molecule has 0 aromatic carbocycles. The van der Waals surface area contributed by atoms with Crippen LogP contribution in [0.25, 0.3) is 0 Å². The van der Waals surface area contributed by atoms with Crippen LogP contribution in [0.15, 0.2) is 29.9 Å². The number of aromatic nitrogens is 2. The molecule has 0 bridgehead atoms. The minimum Gasteiger partial charge on any atom is -0.337 e. The molecule has 128 valence electrons. The highest BCUT2D eigenvalue weighted by molar-refractivity contribution is 7.10. The number of imidazole rings is 1. The predicted molar refractivity (Wildman–Crippen MR) is 94.7 cm³/mol. The monoisotopic (exact) mass is 344 g/mol. The van der Waals surface area contributed by atoms with Gasteiger partial charge in [0.05, 0.1) is 13.0 Å². The predicted octanol–water partition coefficient (Wildman–Crippen LogP) is 2.20. The van der Waals surface area contributed by atoms with E-state index in [2.05, 4.69) is 21.3 Å². The maximum atomic E-state index is 13.0. The molecule has 1 spiro atoms. The van der Waals surface area contributed by atoms with Gasteiger partial charge in [0.2, 0.25) is 5.91 Å². The zero-order chi connectivity index (χ0) is 16.6. The third-order valence-corrected chi connectivity index (χ3v) is 6.46. The van der Waals surface area contributed by atoms with E-state index in [0.717, 1.165) is 30.2 Å². The van der Waals surface area contributed by atoms with Crippen LogP contribution in [0.2, 0.25) is 0 Å². The summed E-state index contributed by atoms with van der Waals surface area (Å²) in [5.41, 5.74) is 0.349. The van der Waals surface area contributed by atoms with Gasteiger partial charge in [-0.25, -0.2) is 4.98 Å². The third-order valence-electron chi connectivity index (χ3n) is 5.58. The van der Waals surface area contributed by atoms with Crippen LogP contribution >= 0.6 is 11.3 Å². The van der Waals surface area contributed by atoms with Gasteiger partial charge in [-0.3, -0.25) is 4.79 Å². The number of thiophene rings is 1. The molecule has 2 fully saturated rings. The van der Waals surface area contributed by atoms with Gasteiger partial charge in [-0.05, 0) is 49.2 Å². The Kier molecular flexibility index (Phi) is 4.18. The van der Waals surface area contributed by atoms with Crippen molar-refractivity contribution in [2.24, 2.45) is 12.5 Å². The SMILES string of the molecule is Cn1ccnc1CN(C(=O)Cc1cccs1)C1CC12CCNCC2. The lowest BCUT2D eigenvalue weighted by Gasteiger charge is -2.29. The van der Waals surface area contributed by atoms with Gasteiger partial charge in [0.25, 0.3) is 0 Å². The van der Waals surface area contributed by atoms with Gasteiger partial charge in [0.1, 0.15) is 5.82 Å². The Hall–Kier alpha value is -1.66. The van der Waals surface area contributed by atoms with Crippen LogP contribution in [0.3, 0.4) is 0 Å². The van der Waals surface area contributed by atoms with Crippen LogP contribution in [-0.2, 0) is 24.8 Å². The van der Waals surface area contributed by atoms with E-state index in [1.807, 2.05) is 35.5 Å². The molecule has 1 unspecified atom stereocenters. The van der Waals surface area contributed by atoms with E-state index in [4.69, 9.17) is 0 Å².